The van der Waals surface area contributed by atoms with Crippen molar-refractivity contribution in [1.82, 2.24) is 10.0 Å². The molecule has 7 nitrogen and oxygen atoms in total. The summed E-state index contributed by atoms with van der Waals surface area (Å²) in [4.78, 5) is 12.3. The second-order valence-corrected chi connectivity index (χ2v) is 9.09. The number of furan rings is 1. The van der Waals surface area contributed by atoms with E-state index in [1.54, 1.807) is 27.7 Å². The highest BCUT2D eigenvalue weighted by Gasteiger charge is 2.26. The average molecular weight is 394 g/mol. The van der Waals surface area contributed by atoms with Crippen LogP contribution in [0.2, 0.25) is 0 Å². The number of carbonyl (C=O) groups excluding carboxylic acids is 1. The van der Waals surface area contributed by atoms with Gasteiger partial charge in [0.05, 0.1) is 6.04 Å². The summed E-state index contributed by atoms with van der Waals surface area (Å²) < 4.78 is 37.8. The average Bonchev–Trinajstić information content (AvgIpc) is 3.02. The van der Waals surface area contributed by atoms with Crippen molar-refractivity contribution in [2.75, 3.05) is 6.61 Å². The third-order valence-corrected chi connectivity index (χ3v) is 5.01. The van der Waals surface area contributed by atoms with Gasteiger partial charge in [-0.25, -0.2) is 13.1 Å². The normalized spacial score (nSPS) is 13.2. The van der Waals surface area contributed by atoms with Gasteiger partial charge in [-0.3, -0.25) is 4.79 Å². The second-order valence-electron chi connectivity index (χ2n) is 7.48. The first-order valence-electron chi connectivity index (χ1n) is 8.60. The Bertz CT molecular complexity index is 897. The Labute approximate surface area is 160 Å². The van der Waals surface area contributed by atoms with Gasteiger partial charge >= 0.3 is 0 Å². The summed E-state index contributed by atoms with van der Waals surface area (Å²) in [7, 11) is -3.83. The first-order chi connectivity index (χ1) is 12.5. The number of benzene rings is 1. The third-order valence-electron chi connectivity index (χ3n) is 3.38. The van der Waals surface area contributed by atoms with Crippen LogP contribution in [0.4, 0.5) is 0 Å². The van der Waals surface area contributed by atoms with Crippen molar-refractivity contribution >= 4 is 15.9 Å². The lowest BCUT2D eigenvalue weighted by molar-refractivity contribution is 0.0893. The highest BCUT2D eigenvalue weighted by atomic mass is 32.2. The number of nitrogens with one attached hydrogen (secondary N) is 2. The van der Waals surface area contributed by atoms with E-state index in [0.29, 0.717) is 0 Å². The molecule has 0 aliphatic rings. The lowest BCUT2D eigenvalue weighted by Gasteiger charge is -2.19. The molecule has 2 aromatic rings. The Morgan fingerprint density at radius 2 is 1.93 bits per heavy atom. The van der Waals surface area contributed by atoms with E-state index in [4.69, 9.17) is 9.15 Å². The van der Waals surface area contributed by atoms with Crippen LogP contribution < -0.4 is 14.8 Å². The van der Waals surface area contributed by atoms with E-state index in [9.17, 15) is 13.2 Å². The minimum absolute atomic E-state index is 0.0771. The molecule has 148 valence electrons. The summed E-state index contributed by atoms with van der Waals surface area (Å²) in [5.74, 6) is 0.134. The lowest BCUT2D eigenvalue weighted by atomic mass is 10.1. The van der Waals surface area contributed by atoms with Crippen LogP contribution in [0.5, 0.6) is 5.75 Å². The smallest absolute Gasteiger partial charge is 0.287 e. The zero-order valence-corrected chi connectivity index (χ0v) is 17.0. The zero-order chi connectivity index (χ0) is 20.2. The minimum atomic E-state index is -3.83. The van der Waals surface area contributed by atoms with Gasteiger partial charge in [0.2, 0.25) is 5.09 Å². The monoisotopic (exact) mass is 394 g/mol. The predicted molar refractivity (Wildman–Crippen MR) is 102 cm³/mol. The number of amides is 1. The van der Waals surface area contributed by atoms with Crippen molar-refractivity contribution in [2.45, 2.75) is 51.3 Å². The lowest BCUT2D eigenvalue weighted by Crippen LogP contribution is -2.40. The van der Waals surface area contributed by atoms with Crippen LogP contribution in [0, 0.1) is 6.92 Å². The molecule has 8 heteroatoms. The van der Waals surface area contributed by atoms with Crippen LogP contribution in [-0.2, 0) is 10.0 Å². The molecule has 27 heavy (non-hydrogen) atoms. The van der Waals surface area contributed by atoms with Crippen molar-refractivity contribution in [3.63, 3.8) is 0 Å². The van der Waals surface area contributed by atoms with Crippen LogP contribution in [0.3, 0.4) is 0 Å². The number of carbonyl (C=O) groups is 1. The van der Waals surface area contributed by atoms with Crippen molar-refractivity contribution in [1.29, 1.82) is 0 Å². The molecule has 0 fully saturated rings. The van der Waals surface area contributed by atoms with E-state index in [0.717, 1.165) is 11.3 Å². The van der Waals surface area contributed by atoms with Crippen LogP contribution in [-0.4, -0.2) is 32.5 Å². The van der Waals surface area contributed by atoms with Gasteiger partial charge in [-0.05, 0) is 64.4 Å². The number of rotatable bonds is 7. The fourth-order valence-electron chi connectivity index (χ4n) is 2.30. The molecule has 2 N–H and O–H groups in total. The fraction of sp³-hybridized carbons (Fsp3) is 0.421. The Morgan fingerprint density at radius 1 is 1.22 bits per heavy atom. The van der Waals surface area contributed by atoms with Crippen molar-refractivity contribution in [2.24, 2.45) is 0 Å². The van der Waals surface area contributed by atoms with Crippen LogP contribution >= 0.6 is 0 Å². The first kappa shape index (κ1) is 21.0. The second kappa shape index (κ2) is 8.14. The van der Waals surface area contributed by atoms with Crippen molar-refractivity contribution < 1.29 is 22.4 Å². The molecule has 0 radical (unpaired) electrons. The highest BCUT2D eigenvalue weighted by Crippen LogP contribution is 2.17. The van der Waals surface area contributed by atoms with Crippen LogP contribution in [0.1, 0.15) is 43.8 Å². The Kier molecular flexibility index (Phi) is 6.33. The molecule has 1 aromatic heterocycles. The standard InChI is InChI=1S/C19H26N2O5S/c1-13-7-6-8-15(11-13)25-12-14(2)20-18(22)16-9-10-17(26-16)27(23,24)21-19(3,4)5/h6-11,14,21H,12H2,1-5H3,(H,20,22). The maximum absolute atomic E-state index is 12.3. The highest BCUT2D eigenvalue weighted by molar-refractivity contribution is 7.89. The minimum Gasteiger partial charge on any atom is -0.491 e. The third kappa shape index (κ3) is 6.41. The fourth-order valence-corrected chi connectivity index (χ4v) is 3.66. The Hall–Kier alpha value is -2.32. The maximum atomic E-state index is 12.3. The van der Waals surface area contributed by atoms with Gasteiger partial charge in [-0.2, -0.15) is 0 Å². The molecule has 1 unspecified atom stereocenters. The molecule has 1 aromatic carbocycles. The van der Waals surface area contributed by atoms with E-state index in [2.05, 4.69) is 10.0 Å². The van der Waals surface area contributed by atoms with E-state index in [1.165, 1.54) is 12.1 Å². The van der Waals surface area contributed by atoms with Crippen molar-refractivity contribution in [3.8, 4) is 5.75 Å². The van der Waals surface area contributed by atoms with Crippen LogP contribution in [0.15, 0.2) is 45.9 Å². The van der Waals surface area contributed by atoms with E-state index < -0.39 is 21.5 Å². The Morgan fingerprint density at radius 3 is 2.56 bits per heavy atom. The predicted octanol–water partition coefficient (Wildman–Crippen LogP) is 2.86. The molecule has 0 aliphatic carbocycles. The largest absolute Gasteiger partial charge is 0.491 e. The molecule has 1 amide bonds. The van der Waals surface area contributed by atoms with Gasteiger partial charge in [0.15, 0.2) is 5.76 Å². The molecular weight excluding hydrogens is 368 g/mol. The number of ether oxygens (including phenoxy) is 1. The van der Waals surface area contributed by atoms with Gasteiger partial charge in [-0.15, -0.1) is 0 Å². The van der Waals surface area contributed by atoms with E-state index in [1.807, 2.05) is 31.2 Å². The van der Waals surface area contributed by atoms with Gasteiger partial charge in [0, 0.05) is 5.54 Å². The van der Waals surface area contributed by atoms with Gasteiger partial charge in [-0.1, -0.05) is 12.1 Å². The number of hydrogen-bond donors (Lipinski definition) is 2. The molecule has 2 rings (SSSR count). The zero-order valence-electron chi connectivity index (χ0n) is 16.2. The topological polar surface area (TPSA) is 97.6 Å². The summed E-state index contributed by atoms with van der Waals surface area (Å²) in [6.45, 7) is 9.18. The molecule has 0 saturated heterocycles. The van der Waals surface area contributed by atoms with Crippen LogP contribution in [0.25, 0.3) is 0 Å². The molecular formula is C19H26N2O5S. The van der Waals surface area contributed by atoms with E-state index >= 15 is 0 Å². The summed E-state index contributed by atoms with van der Waals surface area (Å²) in [5.41, 5.74) is 0.424. The van der Waals surface area contributed by atoms with Gasteiger partial charge < -0.3 is 14.5 Å². The molecule has 0 bridgehead atoms. The molecule has 1 atom stereocenters. The molecule has 0 aliphatic heterocycles. The quantitative estimate of drug-likeness (QED) is 0.753. The summed E-state index contributed by atoms with van der Waals surface area (Å²) in [6, 6.07) is 9.90. The first-order valence-corrected chi connectivity index (χ1v) is 10.1. The van der Waals surface area contributed by atoms with E-state index in [-0.39, 0.29) is 23.5 Å². The molecule has 0 saturated carbocycles. The summed E-state index contributed by atoms with van der Waals surface area (Å²) >= 11 is 0. The number of aryl methyl sites for hydroxylation is 1. The van der Waals surface area contributed by atoms with Gasteiger partial charge in [0.1, 0.15) is 12.4 Å². The molecule has 0 spiro atoms. The summed E-state index contributed by atoms with van der Waals surface area (Å²) in [5, 5.41) is 2.42. The van der Waals surface area contributed by atoms with Crippen molar-refractivity contribution in [3.05, 3.63) is 47.7 Å². The summed E-state index contributed by atoms with van der Waals surface area (Å²) in [6.07, 6.45) is 0. The number of sulfonamides is 1. The van der Waals surface area contributed by atoms with Gasteiger partial charge in [0.25, 0.3) is 15.9 Å². The SMILES string of the molecule is Cc1cccc(OCC(C)NC(=O)c2ccc(S(=O)(=O)NC(C)(C)C)o2)c1. The number of hydrogen-bond acceptors (Lipinski definition) is 5. The Balaban J connectivity index is 1.95. The maximum Gasteiger partial charge on any atom is 0.287 e. The molecule has 1 heterocycles.